The predicted molar refractivity (Wildman–Crippen MR) is 77.8 cm³/mol. The zero-order valence-corrected chi connectivity index (χ0v) is 13.0. The third-order valence-electron chi connectivity index (χ3n) is 4.89. The van der Waals surface area contributed by atoms with E-state index in [1.807, 2.05) is 0 Å². The summed E-state index contributed by atoms with van der Waals surface area (Å²) in [6.07, 6.45) is 6.59. The number of rotatable bonds is 5. The van der Waals surface area contributed by atoms with E-state index in [1.54, 1.807) is 7.11 Å². The molecule has 0 aliphatic heterocycles. The second kappa shape index (κ2) is 6.36. The van der Waals surface area contributed by atoms with Gasteiger partial charge in [0, 0.05) is 25.7 Å². The van der Waals surface area contributed by atoms with Gasteiger partial charge >= 0.3 is 0 Å². The number of likely N-dealkylation sites (N-methyl/N-ethyl adjacent to an activating group) is 1. The molecule has 3 heteroatoms. The maximum atomic E-state index is 6.13. The first-order valence-electron chi connectivity index (χ1n) is 7.29. The van der Waals surface area contributed by atoms with Crippen LogP contribution in [0.15, 0.2) is 0 Å². The number of nitrogens with zero attached hydrogens (tertiary/aromatic N) is 1. The van der Waals surface area contributed by atoms with Gasteiger partial charge in [0.25, 0.3) is 0 Å². The van der Waals surface area contributed by atoms with Crippen LogP contribution in [0.3, 0.4) is 0 Å². The monoisotopic (exact) mass is 256 g/mol. The lowest BCUT2D eigenvalue weighted by molar-refractivity contribution is 0.0305. The van der Waals surface area contributed by atoms with E-state index in [-0.39, 0.29) is 11.6 Å². The number of hydrogen-bond acceptors (Lipinski definition) is 3. The summed E-state index contributed by atoms with van der Waals surface area (Å²) < 4.78 is 5.39. The Bertz CT molecular complexity index is 255. The molecule has 2 atom stereocenters. The highest BCUT2D eigenvalue weighted by Crippen LogP contribution is 2.40. The highest BCUT2D eigenvalue weighted by atomic mass is 16.5. The molecule has 0 bridgehead atoms. The van der Waals surface area contributed by atoms with Crippen molar-refractivity contribution >= 4 is 0 Å². The van der Waals surface area contributed by atoms with Crippen LogP contribution < -0.4 is 5.73 Å². The summed E-state index contributed by atoms with van der Waals surface area (Å²) in [4.78, 5) is 2.45. The Kier molecular flexibility index (Phi) is 5.63. The molecule has 18 heavy (non-hydrogen) atoms. The van der Waals surface area contributed by atoms with Gasteiger partial charge in [0.2, 0.25) is 0 Å². The van der Waals surface area contributed by atoms with E-state index >= 15 is 0 Å². The van der Waals surface area contributed by atoms with E-state index < -0.39 is 0 Å². The molecule has 1 fully saturated rings. The molecule has 0 aromatic rings. The molecule has 108 valence electrons. The molecule has 0 aromatic heterocycles. The van der Waals surface area contributed by atoms with Crippen LogP contribution >= 0.6 is 0 Å². The largest absolute Gasteiger partial charge is 0.380 e. The Hall–Kier alpha value is -0.120. The van der Waals surface area contributed by atoms with Gasteiger partial charge < -0.3 is 10.5 Å². The van der Waals surface area contributed by atoms with Crippen molar-refractivity contribution in [2.45, 2.75) is 64.5 Å². The lowest BCUT2D eigenvalue weighted by Gasteiger charge is -2.42. The zero-order chi connectivity index (χ0) is 13.8. The molecule has 0 saturated heterocycles. The average Bonchev–Trinajstić information content (AvgIpc) is 2.48. The van der Waals surface area contributed by atoms with Gasteiger partial charge in [-0.2, -0.15) is 0 Å². The zero-order valence-electron chi connectivity index (χ0n) is 13.0. The molecule has 2 unspecified atom stereocenters. The lowest BCUT2D eigenvalue weighted by atomic mass is 9.83. The highest BCUT2D eigenvalue weighted by Gasteiger charge is 2.37. The van der Waals surface area contributed by atoms with E-state index in [0.29, 0.717) is 5.41 Å². The van der Waals surface area contributed by atoms with Crippen LogP contribution in [-0.2, 0) is 4.74 Å². The van der Waals surface area contributed by atoms with Gasteiger partial charge in [-0.05, 0) is 45.1 Å². The topological polar surface area (TPSA) is 38.5 Å². The fourth-order valence-electron chi connectivity index (χ4n) is 3.11. The molecule has 3 nitrogen and oxygen atoms in total. The summed E-state index contributed by atoms with van der Waals surface area (Å²) in [6, 6.07) is 0. The first kappa shape index (κ1) is 15.9. The molecule has 0 heterocycles. The van der Waals surface area contributed by atoms with Crippen molar-refractivity contribution < 1.29 is 4.74 Å². The van der Waals surface area contributed by atoms with Gasteiger partial charge in [-0.3, -0.25) is 4.90 Å². The average molecular weight is 256 g/mol. The van der Waals surface area contributed by atoms with Crippen LogP contribution in [0.2, 0.25) is 0 Å². The quantitative estimate of drug-likeness (QED) is 0.769. The molecular formula is C15H32N2O. The molecule has 2 N–H and O–H groups in total. The third kappa shape index (κ3) is 3.94. The Balaban J connectivity index is 2.72. The first-order chi connectivity index (χ1) is 8.35. The normalized spacial score (nSPS) is 30.2. The van der Waals surface area contributed by atoms with E-state index in [0.717, 1.165) is 13.1 Å². The first-order valence-corrected chi connectivity index (χ1v) is 7.29. The summed E-state index contributed by atoms with van der Waals surface area (Å²) in [7, 11) is 3.99. The van der Waals surface area contributed by atoms with Gasteiger partial charge in [0.15, 0.2) is 0 Å². The third-order valence-corrected chi connectivity index (χ3v) is 4.89. The standard InChI is InChI=1S/C15H32N2O/c1-13(18-5)11-17(4)15(12-16)8-6-7-14(2,3)9-10-15/h13H,6-12,16H2,1-5H3. The smallest absolute Gasteiger partial charge is 0.0670 e. The number of hydrogen-bond donors (Lipinski definition) is 1. The van der Waals surface area contributed by atoms with E-state index in [2.05, 4.69) is 32.7 Å². The van der Waals surface area contributed by atoms with Crippen molar-refractivity contribution in [3.8, 4) is 0 Å². The fourth-order valence-corrected chi connectivity index (χ4v) is 3.11. The number of ether oxygens (including phenoxy) is 1. The Labute approximate surface area is 113 Å². The van der Waals surface area contributed by atoms with Gasteiger partial charge in [0.05, 0.1) is 6.10 Å². The van der Waals surface area contributed by atoms with Gasteiger partial charge in [0.1, 0.15) is 0 Å². The minimum absolute atomic E-state index is 0.181. The summed E-state index contributed by atoms with van der Waals surface area (Å²) in [5.41, 5.74) is 6.79. The molecule has 1 aliphatic carbocycles. The predicted octanol–water partition coefficient (Wildman–Crippen LogP) is 2.64. The van der Waals surface area contributed by atoms with Crippen LogP contribution in [-0.4, -0.2) is 43.8 Å². The maximum Gasteiger partial charge on any atom is 0.0670 e. The van der Waals surface area contributed by atoms with E-state index in [4.69, 9.17) is 10.5 Å². The Morgan fingerprint density at radius 1 is 1.22 bits per heavy atom. The van der Waals surface area contributed by atoms with E-state index in [1.165, 1.54) is 32.1 Å². The van der Waals surface area contributed by atoms with Gasteiger partial charge in [-0.1, -0.05) is 20.3 Å². The molecule has 1 aliphatic rings. The van der Waals surface area contributed by atoms with Crippen molar-refractivity contribution in [2.24, 2.45) is 11.1 Å². The van der Waals surface area contributed by atoms with Crippen LogP contribution in [0.1, 0.15) is 52.9 Å². The van der Waals surface area contributed by atoms with Crippen LogP contribution in [0.4, 0.5) is 0 Å². The second-order valence-corrected chi connectivity index (χ2v) is 6.87. The molecule has 1 rings (SSSR count). The summed E-state index contributed by atoms with van der Waals surface area (Å²) in [5, 5.41) is 0. The van der Waals surface area contributed by atoms with Gasteiger partial charge in [-0.15, -0.1) is 0 Å². The number of nitrogens with two attached hydrogens (primary N) is 1. The minimum Gasteiger partial charge on any atom is -0.380 e. The maximum absolute atomic E-state index is 6.13. The van der Waals surface area contributed by atoms with Crippen molar-refractivity contribution in [3.63, 3.8) is 0 Å². The highest BCUT2D eigenvalue weighted by molar-refractivity contribution is 4.95. The molecular weight excluding hydrogens is 224 g/mol. The van der Waals surface area contributed by atoms with Crippen molar-refractivity contribution in [1.82, 2.24) is 4.90 Å². The van der Waals surface area contributed by atoms with Gasteiger partial charge in [-0.25, -0.2) is 0 Å². The fraction of sp³-hybridized carbons (Fsp3) is 1.00. The molecule has 0 amide bonds. The van der Waals surface area contributed by atoms with Crippen LogP contribution in [0, 0.1) is 5.41 Å². The second-order valence-electron chi connectivity index (χ2n) is 6.87. The summed E-state index contributed by atoms with van der Waals surface area (Å²) in [6.45, 7) is 8.63. The van der Waals surface area contributed by atoms with Crippen molar-refractivity contribution in [1.29, 1.82) is 0 Å². The molecule has 0 spiro atoms. The Morgan fingerprint density at radius 3 is 2.44 bits per heavy atom. The van der Waals surface area contributed by atoms with Crippen LogP contribution in [0.25, 0.3) is 0 Å². The summed E-state index contributed by atoms with van der Waals surface area (Å²) in [5.74, 6) is 0. The van der Waals surface area contributed by atoms with Crippen molar-refractivity contribution in [2.75, 3.05) is 27.2 Å². The Morgan fingerprint density at radius 2 is 1.89 bits per heavy atom. The number of methoxy groups -OCH3 is 1. The molecule has 0 radical (unpaired) electrons. The lowest BCUT2D eigenvalue weighted by Crippen LogP contribution is -2.53. The minimum atomic E-state index is 0.181. The SMILES string of the molecule is COC(C)CN(C)C1(CN)CCCC(C)(C)CC1. The molecule has 1 saturated carbocycles. The molecule has 0 aromatic carbocycles. The van der Waals surface area contributed by atoms with E-state index in [9.17, 15) is 0 Å². The summed E-state index contributed by atoms with van der Waals surface area (Å²) >= 11 is 0. The van der Waals surface area contributed by atoms with Crippen molar-refractivity contribution in [3.05, 3.63) is 0 Å². The van der Waals surface area contributed by atoms with Crippen LogP contribution in [0.5, 0.6) is 0 Å².